The highest BCUT2D eigenvalue weighted by Crippen LogP contribution is 2.43. The first-order valence-corrected chi connectivity index (χ1v) is 16.7. The van der Waals surface area contributed by atoms with E-state index in [9.17, 15) is 0 Å². The molecule has 3 aliphatic rings. The average Bonchev–Trinajstić information content (AvgIpc) is 3.37. The third kappa shape index (κ3) is 5.99. The van der Waals surface area contributed by atoms with E-state index in [0.717, 1.165) is 58.0 Å². The molecule has 5 nitrogen and oxygen atoms in total. The molecule has 7 rings (SSSR count). The van der Waals surface area contributed by atoms with E-state index in [1.165, 1.54) is 31.2 Å². The number of benzene rings is 1. The molecule has 2 unspecified atom stereocenters. The van der Waals surface area contributed by atoms with Crippen LogP contribution in [0.15, 0.2) is 71.8 Å². The molecule has 2 aromatic carbocycles. The van der Waals surface area contributed by atoms with Crippen molar-refractivity contribution < 1.29 is 0 Å². The van der Waals surface area contributed by atoms with Crippen LogP contribution in [-0.4, -0.2) is 25.6 Å². The lowest BCUT2D eigenvalue weighted by molar-refractivity contribution is 0.559. The van der Waals surface area contributed by atoms with Crippen molar-refractivity contribution >= 4 is 11.8 Å². The summed E-state index contributed by atoms with van der Waals surface area (Å²) in [5.41, 5.74) is 8.61. The molecule has 0 amide bonds. The Labute approximate surface area is 267 Å². The molecular formula is C40H41N5. The summed E-state index contributed by atoms with van der Waals surface area (Å²) in [5.74, 6) is 3.53. The number of allylic oxidation sites excluding steroid dienone is 1. The third-order valence-corrected chi connectivity index (χ3v) is 9.39. The van der Waals surface area contributed by atoms with Crippen LogP contribution in [0.4, 0.5) is 0 Å². The van der Waals surface area contributed by atoms with Gasteiger partial charge in [0.1, 0.15) is 11.9 Å². The molecule has 45 heavy (non-hydrogen) atoms. The van der Waals surface area contributed by atoms with Crippen molar-refractivity contribution in [2.45, 2.75) is 84.1 Å². The van der Waals surface area contributed by atoms with Crippen LogP contribution in [-0.2, 0) is 0 Å². The van der Waals surface area contributed by atoms with Crippen molar-refractivity contribution in [3.8, 4) is 33.9 Å². The van der Waals surface area contributed by atoms with E-state index in [1.807, 2.05) is 18.2 Å². The maximum atomic E-state index is 5.24. The molecular weight excluding hydrogens is 550 g/mol. The number of hydrogen-bond acceptors (Lipinski definition) is 5. The van der Waals surface area contributed by atoms with Gasteiger partial charge in [0, 0.05) is 34.4 Å². The van der Waals surface area contributed by atoms with E-state index in [1.54, 1.807) is 0 Å². The third-order valence-electron chi connectivity index (χ3n) is 9.39. The summed E-state index contributed by atoms with van der Waals surface area (Å²) in [7, 11) is 0. The lowest BCUT2D eigenvalue weighted by Crippen LogP contribution is -2.22. The van der Waals surface area contributed by atoms with Gasteiger partial charge in [-0.25, -0.2) is 15.0 Å². The first kappa shape index (κ1) is 29.3. The number of nitrogens with zero attached hydrogens (tertiary/aromatic N) is 5. The Bertz CT molecular complexity index is 1770. The minimum absolute atomic E-state index is 0.000169. The molecule has 0 saturated heterocycles. The monoisotopic (exact) mass is 591 g/mol. The molecule has 3 heterocycles. The highest BCUT2D eigenvalue weighted by atomic mass is 15.0. The van der Waals surface area contributed by atoms with Gasteiger partial charge < -0.3 is 0 Å². The van der Waals surface area contributed by atoms with E-state index in [-0.39, 0.29) is 12.0 Å². The first-order valence-electron chi connectivity index (χ1n) is 16.7. The highest BCUT2D eigenvalue weighted by molar-refractivity contribution is 5.97. The van der Waals surface area contributed by atoms with Gasteiger partial charge in [-0.2, -0.15) is 0 Å². The summed E-state index contributed by atoms with van der Waals surface area (Å²) >= 11 is 0. The van der Waals surface area contributed by atoms with Crippen molar-refractivity contribution in [3.63, 3.8) is 0 Å². The Morgan fingerprint density at radius 3 is 2.29 bits per heavy atom. The molecule has 0 N–H and O–H groups in total. The molecule has 2 atom stereocenters. The standard InChI is InChI=1S/C40H41N5/c1-25(2)34-22-20-27-19-21-32-33(24-35(26(3)4)42-37(32)36(27)41-34)30-17-12-18-31(23-30)40-44-38(28-13-8-5-6-9-14-28)43-39(45-40)29-15-10-7-11-16-29/h7,10,12,15,17-28,36H,5-6,8-9,13-14H2,1-4H3. The lowest BCUT2D eigenvalue weighted by atomic mass is 9.82. The normalized spacial score (nSPS) is 19.6. The summed E-state index contributed by atoms with van der Waals surface area (Å²) in [4.78, 5) is 25.6. The molecule has 0 spiro atoms. The van der Waals surface area contributed by atoms with E-state index < -0.39 is 0 Å². The Morgan fingerprint density at radius 2 is 1.53 bits per heavy atom. The second kappa shape index (κ2) is 12.5. The first-order chi connectivity index (χ1) is 21.9. The molecule has 4 aromatic rings. The van der Waals surface area contributed by atoms with E-state index in [4.69, 9.17) is 24.9 Å². The van der Waals surface area contributed by atoms with Crippen molar-refractivity contribution in [3.05, 3.63) is 102 Å². The summed E-state index contributed by atoms with van der Waals surface area (Å²) in [6, 6.07) is 23.1. The van der Waals surface area contributed by atoms with Crippen LogP contribution in [0.25, 0.3) is 40.0 Å². The number of dihydropyridines is 1. The Morgan fingerprint density at radius 1 is 0.756 bits per heavy atom. The molecule has 2 aliphatic carbocycles. The minimum Gasteiger partial charge on any atom is -0.279 e. The Hall–Kier alpha value is -4.43. The van der Waals surface area contributed by atoms with Crippen LogP contribution >= 0.6 is 0 Å². The quantitative estimate of drug-likeness (QED) is 0.209. The van der Waals surface area contributed by atoms with Crippen LogP contribution < -0.4 is 0 Å². The van der Waals surface area contributed by atoms with Crippen LogP contribution in [0.1, 0.15) is 107 Å². The summed E-state index contributed by atoms with van der Waals surface area (Å²) < 4.78 is 0. The molecule has 1 aliphatic heterocycles. The number of aliphatic imine (C=N–C) groups is 1. The number of hydrogen-bond donors (Lipinski definition) is 0. The van der Waals surface area contributed by atoms with Gasteiger partial charge in [-0.05, 0) is 66.1 Å². The van der Waals surface area contributed by atoms with E-state index in [2.05, 4.69) is 94.5 Å². The molecule has 0 bridgehead atoms. The lowest BCUT2D eigenvalue weighted by Gasteiger charge is -2.30. The number of aromatic nitrogens is 4. The second-order valence-electron chi connectivity index (χ2n) is 13.3. The molecule has 0 radical (unpaired) electrons. The van der Waals surface area contributed by atoms with Gasteiger partial charge >= 0.3 is 0 Å². The molecule has 2 aromatic heterocycles. The zero-order valence-electron chi connectivity index (χ0n) is 26.8. The fraction of sp³-hybridized carbons (Fsp3) is 0.375. The summed E-state index contributed by atoms with van der Waals surface area (Å²) in [5, 5.41) is 0. The predicted molar refractivity (Wildman–Crippen MR) is 183 cm³/mol. The van der Waals surface area contributed by atoms with Crippen molar-refractivity contribution in [1.29, 1.82) is 0 Å². The van der Waals surface area contributed by atoms with Crippen LogP contribution in [0.3, 0.4) is 0 Å². The zero-order valence-corrected chi connectivity index (χ0v) is 26.8. The average molecular weight is 592 g/mol. The van der Waals surface area contributed by atoms with E-state index in [0.29, 0.717) is 29.4 Å². The van der Waals surface area contributed by atoms with Gasteiger partial charge in [0.25, 0.3) is 0 Å². The van der Waals surface area contributed by atoms with Crippen LogP contribution in [0.5, 0.6) is 0 Å². The van der Waals surface area contributed by atoms with Crippen LogP contribution in [0, 0.1) is 24.0 Å². The summed E-state index contributed by atoms with van der Waals surface area (Å²) in [6.07, 6.45) is 16.3. The number of rotatable bonds is 6. The van der Waals surface area contributed by atoms with Crippen molar-refractivity contribution in [2.75, 3.05) is 0 Å². The van der Waals surface area contributed by atoms with Crippen molar-refractivity contribution in [1.82, 2.24) is 19.9 Å². The topological polar surface area (TPSA) is 63.9 Å². The predicted octanol–water partition coefficient (Wildman–Crippen LogP) is 9.78. The summed E-state index contributed by atoms with van der Waals surface area (Å²) in [6.45, 7) is 8.85. The smallest absolute Gasteiger partial charge is 0.172 e. The SMILES string of the molecule is CC(C)C1=NC2c3nc(C(C)C)cc(-c4cccc(-c5nc(-c6c#cccc6)nc(C6CCCCCC6)n5)c4)c3C=CC2C=C1. The van der Waals surface area contributed by atoms with Gasteiger partial charge in [-0.3, -0.25) is 9.98 Å². The maximum absolute atomic E-state index is 5.24. The molecule has 1 saturated carbocycles. The van der Waals surface area contributed by atoms with Gasteiger partial charge in [0.15, 0.2) is 11.6 Å². The largest absolute Gasteiger partial charge is 0.279 e. The number of fused-ring (bicyclic) bond motifs is 3. The maximum Gasteiger partial charge on any atom is 0.172 e. The van der Waals surface area contributed by atoms with Crippen molar-refractivity contribution in [2.24, 2.45) is 16.8 Å². The van der Waals surface area contributed by atoms with Gasteiger partial charge in [0.05, 0.1) is 11.3 Å². The Balaban J connectivity index is 1.35. The molecule has 226 valence electrons. The fourth-order valence-corrected chi connectivity index (χ4v) is 6.77. The number of pyridine rings is 1. The molecule has 5 heteroatoms. The van der Waals surface area contributed by atoms with Crippen LogP contribution in [0.2, 0.25) is 0 Å². The second-order valence-corrected chi connectivity index (χ2v) is 13.3. The Kier molecular flexibility index (Phi) is 8.15. The van der Waals surface area contributed by atoms with E-state index >= 15 is 0 Å². The molecule has 1 fully saturated rings. The highest BCUT2D eigenvalue weighted by Gasteiger charge is 2.31. The van der Waals surface area contributed by atoms with Gasteiger partial charge in [-0.15, -0.1) is 0 Å². The zero-order chi connectivity index (χ0) is 30.9. The van der Waals surface area contributed by atoms with Gasteiger partial charge in [0.2, 0.25) is 0 Å². The minimum atomic E-state index is 0.000169. The fourth-order valence-electron chi connectivity index (χ4n) is 6.77. The van der Waals surface area contributed by atoms with Gasteiger partial charge in [-0.1, -0.05) is 108 Å².